The lowest BCUT2D eigenvalue weighted by Gasteiger charge is -2.34. The van der Waals surface area contributed by atoms with E-state index in [-0.39, 0.29) is 24.2 Å². The molecule has 1 aliphatic heterocycles. The molecule has 0 N–H and O–H groups in total. The number of rotatable bonds is 3. The Morgan fingerprint density at radius 1 is 1.33 bits per heavy atom. The van der Waals surface area contributed by atoms with Crippen molar-refractivity contribution in [3.8, 4) is 5.75 Å². The number of fused-ring (bicyclic) bond motifs is 1. The lowest BCUT2D eigenvalue weighted by Crippen LogP contribution is -2.51. The zero-order valence-corrected chi connectivity index (χ0v) is 12.5. The van der Waals surface area contributed by atoms with Crippen LogP contribution in [0.15, 0.2) is 18.2 Å². The van der Waals surface area contributed by atoms with Gasteiger partial charge in [-0.2, -0.15) is 0 Å². The summed E-state index contributed by atoms with van der Waals surface area (Å²) in [6, 6.07) is 4.23. The normalized spacial score (nSPS) is 15.0. The van der Waals surface area contributed by atoms with E-state index in [9.17, 15) is 14.4 Å². The van der Waals surface area contributed by atoms with Gasteiger partial charge < -0.3 is 9.64 Å². The van der Waals surface area contributed by atoms with Crippen LogP contribution in [0.25, 0.3) is 0 Å². The second-order valence-electron chi connectivity index (χ2n) is 5.20. The van der Waals surface area contributed by atoms with Crippen LogP contribution in [0.3, 0.4) is 0 Å². The van der Waals surface area contributed by atoms with Gasteiger partial charge in [0.05, 0.1) is 5.69 Å². The third-order valence-corrected chi connectivity index (χ3v) is 3.43. The van der Waals surface area contributed by atoms with Crippen LogP contribution in [0.5, 0.6) is 5.75 Å². The highest BCUT2D eigenvalue weighted by molar-refractivity contribution is 6.05. The molecule has 0 bridgehead atoms. The molecule has 6 heteroatoms. The van der Waals surface area contributed by atoms with Crippen molar-refractivity contribution < 1.29 is 19.1 Å². The van der Waals surface area contributed by atoms with Crippen LogP contribution >= 0.6 is 0 Å². The van der Waals surface area contributed by atoms with Crippen LogP contribution in [0.4, 0.5) is 5.69 Å². The van der Waals surface area contributed by atoms with Crippen LogP contribution in [-0.4, -0.2) is 49.2 Å². The highest BCUT2D eigenvalue weighted by atomic mass is 16.5. The summed E-state index contributed by atoms with van der Waals surface area (Å²) in [6.45, 7) is 3.00. The molecule has 1 aliphatic rings. The fourth-order valence-corrected chi connectivity index (χ4v) is 2.30. The van der Waals surface area contributed by atoms with Crippen LogP contribution in [-0.2, 0) is 9.59 Å². The summed E-state index contributed by atoms with van der Waals surface area (Å²) in [5, 5.41) is 0. The zero-order chi connectivity index (χ0) is 15.7. The Balaban J connectivity index is 2.48. The van der Waals surface area contributed by atoms with Crippen molar-refractivity contribution in [2.24, 2.45) is 0 Å². The number of amides is 2. The van der Waals surface area contributed by atoms with E-state index in [0.29, 0.717) is 17.0 Å². The number of carbonyl (C=O) groups is 3. The van der Waals surface area contributed by atoms with Gasteiger partial charge >= 0.3 is 0 Å². The van der Waals surface area contributed by atoms with Crippen LogP contribution in [0.1, 0.15) is 24.2 Å². The molecule has 0 saturated heterocycles. The summed E-state index contributed by atoms with van der Waals surface area (Å²) >= 11 is 0. The Morgan fingerprint density at radius 2 is 2.00 bits per heavy atom. The van der Waals surface area contributed by atoms with Crippen LogP contribution in [0.2, 0.25) is 0 Å². The van der Waals surface area contributed by atoms with E-state index in [4.69, 9.17) is 4.74 Å². The van der Waals surface area contributed by atoms with Gasteiger partial charge in [-0.15, -0.1) is 0 Å². The van der Waals surface area contributed by atoms with E-state index in [1.807, 2.05) is 0 Å². The van der Waals surface area contributed by atoms with Gasteiger partial charge in [0, 0.05) is 19.7 Å². The predicted octanol–water partition coefficient (Wildman–Crippen LogP) is 1.09. The summed E-state index contributed by atoms with van der Waals surface area (Å²) in [5.74, 6) is -0.101. The SMILES string of the molecule is CC(=O)c1ccc2c(c1)N(C(C)C(=O)N(C)C)C(=O)CO2. The summed E-state index contributed by atoms with van der Waals surface area (Å²) in [4.78, 5) is 38.6. The molecule has 112 valence electrons. The largest absolute Gasteiger partial charge is 0.482 e. The van der Waals surface area contributed by atoms with E-state index < -0.39 is 6.04 Å². The van der Waals surface area contributed by atoms with Crippen molar-refractivity contribution in [3.05, 3.63) is 23.8 Å². The first-order chi connectivity index (χ1) is 9.82. The molecule has 1 aromatic rings. The van der Waals surface area contributed by atoms with E-state index in [0.717, 1.165) is 0 Å². The number of likely N-dealkylation sites (N-methyl/N-ethyl adjacent to an activating group) is 1. The summed E-state index contributed by atoms with van der Waals surface area (Å²) < 4.78 is 5.36. The molecule has 1 unspecified atom stereocenters. The monoisotopic (exact) mass is 290 g/mol. The van der Waals surface area contributed by atoms with Crippen molar-refractivity contribution in [1.29, 1.82) is 0 Å². The highest BCUT2D eigenvalue weighted by Gasteiger charge is 2.34. The van der Waals surface area contributed by atoms with E-state index >= 15 is 0 Å². The number of ketones is 1. The molecule has 0 aromatic heterocycles. The minimum Gasteiger partial charge on any atom is -0.482 e. The zero-order valence-electron chi connectivity index (χ0n) is 12.5. The molecule has 0 aliphatic carbocycles. The van der Waals surface area contributed by atoms with Crippen LogP contribution < -0.4 is 9.64 Å². The standard InChI is InChI=1S/C15H18N2O4/c1-9(15(20)16(3)4)17-12-7-11(10(2)18)5-6-13(12)21-8-14(17)19/h5-7,9H,8H2,1-4H3. The fraction of sp³-hybridized carbons (Fsp3) is 0.400. The Bertz CT molecular complexity index is 610. The Hall–Kier alpha value is -2.37. The molecule has 0 radical (unpaired) electrons. The number of nitrogens with zero attached hydrogens (tertiary/aromatic N) is 2. The van der Waals surface area contributed by atoms with Gasteiger partial charge in [-0.05, 0) is 32.0 Å². The van der Waals surface area contributed by atoms with Crippen molar-refractivity contribution in [3.63, 3.8) is 0 Å². The maximum atomic E-state index is 12.2. The molecule has 0 saturated carbocycles. The first-order valence-electron chi connectivity index (χ1n) is 6.64. The van der Waals surface area contributed by atoms with Gasteiger partial charge in [-0.25, -0.2) is 0 Å². The average molecular weight is 290 g/mol. The van der Waals surface area contributed by atoms with E-state index in [2.05, 4.69) is 0 Å². The lowest BCUT2D eigenvalue weighted by molar-refractivity contribution is -0.132. The summed E-state index contributed by atoms with van der Waals surface area (Å²) in [7, 11) is 3.27. The second kappa shape index (κ2) is 5.55. The number of carbonyl (C=O) groups excluding carboxylic acids is 3. The number of hydrogen-bond donors (Lipinski definition) is 0. The minimum absolute atomic E-state index is 0.109. The number of benzene rings is 1. The minimum atomic E-state index is -0.655. The number of hydrogen-bond acceptors (Lipinski definition) is 4. The molecular formula is C15H18N2O4. The van der Waals surface area contributed by atoms with Gasteiger partial charge in [0.25, 0.3) is 5.91 Å². The maximum Gasteiger partial charge on any atom is 0.265 e. The topological polar surface area (TPSA) is 66.9 Å². The second-order valence-corrected chi connectivity index (χ2v) is 5.20. The van der Waals surface area contributed by atoms with Crippen molar-refractivity contribution >= 4 is 23.3 Å². The Morgan fingerprint density at radius 3 is 2.57 bits per heavy atom. The van der Waals surface area contributed by atoms with Crippen molar-refractivity contribution in [2.75, 3.05) is 25.6 Å². The smallest absolute Gasteiger partial charge is 0.265 e. The van der Waals surface area contributed by atoms with Crippen molar-refractivity contribution in [2.45, 2.75) is 19.9 Å². The molecule has 2 rings (SSSR count). The molecule has 0 spiro atoms. The highest BCUT2D eigenvalue weighted by Crippen LogP contribution is 2.34. The quantitative estimate of drug-likeness (QED) is 0.782. The molecular weight excluding hydrogens is 272 g/mol. The number of Topliss-reactive ketones (excluding diaryl/α,β-unsaturated/α-hetero) is 1. The van der Waals surface area contributed by atoms with Gasteiger partial charge in [0.2, 0.25) is 5.91 Å². The van der Waals surface area contributed by atoms with Gasteiger partial charge in [0.15, 0.2) is 12.4 Å². The van der Waals surface area contributed by atoms with Crippen molar-refractivity contribution in [1.82, 2.24) is 4.90 Å². The summed E-state index contributed by atoms with van der Waals surface area (Å²) in [5.41, 5.74) is 0.934. The van der Waals surface area contributed by atoms with Gasteiger partial charge in [0.1, 0.15) is 11.8 Å². The Kier molecular flexibility index (Phi) is 3.97. The first-order valence-corrected chi connectivity index (χ1v) is 6.64. The molecule has 2 amide bonds. The fourth-order valence-electron chi connectivity index (χ4n) is 2.30. The van der Waals surface area contributed by atoms with Crippen LogP contribution in [0, 0.1) is 0 Å². The lowest BCUT2D eigenvalue weighted by atomic mass is 10.1. The molecule has 6 nitrogen and oxygen atoms in total. The molecule has 21 heavy (non-hydrogen) atoms. The number of anilines is 1. The van der Waals surface area contributed by atoms with E-state index in [1.165, 1.54) is 16.7 Å². The third kappa shape index (κ3) is 2.74. The first kappa shape index (κ1) is 15.0. The van der Waals surface area contributed by atoms with Gasteiger partial charge in [-0.3, -0.25) is 19.3 Å². The van der Waals surface area contributed by atoms with E-state index in [1.54, 1.807) is 39.2 Å². The Labute approximate surface area is 123 Å². The number of ether oxygens (including phenoxy) is 1. The molecule has 0 fully saturated rings. The molecule has 1 aromatic carbocycles. The third-order valence-electron chi connectivity index (χ3n) is 3.43. The average Bonchev–Trinajstić information content (AvgIpc) is 2.44. The predicted molar refractivity (Wildman–Crippen MR) is 77.6 cm³/mol. The van der Waals surface area contributed by atoms with Gasteiger partial charge in [-0.1, -0.05) is 0 Å². The molecule has 1 heterocycles. The maximum absolute atomic E-state index is 12.2. The molecule has 1 atom stereocenters. The summed E-state index contributed by atoms with van der Waals surface area (Å²) in [6.07, 6.45) is 0.